The highest BCUT2D eigenvalue weighted by molar-refractivity contribution is 7.99. The summed E-state index contributed by atoms with van der Waals surface area (Å²) in [5, 5.41) is -0.0241. The molecule has 1 heterocycles. The van der Waals surface area contributed by atoms with E-state index >= 15 is 0 Å². The number of fused-ring (bicyclic) bond motifs is 1. The molecule has 0 fully saturated rings. The predicted molar refractivity (Wildman–Crippen MR) is 104 cm³/mol. The number of thioether (sulfide) groups is 1. The molecule has 0 aliphatic carbocycles. The predicted octanol–water partition coefficient (Wildman–Crippen LogP) is 3.11. The maximum atomic E-state index is 13.6. The molecule has 158 valence electrons. The second kappa shape index (κ2) is 9.53. The highest BCUT2D eigenvalue weighted by atomic mass is 32.2. The van der Waals surface area contributed by atoms with E-state index in [1.54, 1.807) is 30.3 Å². The number of aromatic nitrogens is 2. The summed E-state index contributed by atoms with van der Waals surface area (Å²) >= 11 is 0.220. The zero-order chi connectivity index (χ0) is 21.7. The van der Waals surface area contributed by atoms with Gasteiger partial charge in [0.05, 0.1) is 11.0 Å². The fourth-order valence-electron chi connectivity index (χ4n) is 2.58. The third kappa shape index (κ3) is 5.23. The van der Waals surface area contributed by atoms with Gasteiger partial charge in [0.2, 0.25) is 0 Å². The zero-order valence-electron chi connectivity index (χ0n) is 15.6. The molecule has 7 nitrogen and oxygen atoms in total. The fraction of sp³-hybridized carbons (Fsp3) is 0.211. The first-order valence-electron chi connectivity index (χ1n) is 8.75. The minimum absolute atomic E-state index is 0.0241. The van der Waals surface area contributed by atoms with Crippen molar-refractivity contribution in [2.75, 3.05) is 0 Å². The van der Waals surface area contributed by atoms with Gasteiger partial charge in [-0.05, 0) is 43.0 Å². The molecule has 0 spiro atoms. The topological polar surface area (TPSA) is 85.3 Å². The number of benzene rings is 2. The standard InChI is InChI=1S/C19H17F3N4O3S/c1-11(29-15-9-5-2-6-12(15)20)17(28)25-24-16(27)10-26-14-8-4-3-7-13(14)23-19(26)30-18(21)22/h2-9,11,18H,10H2,1H3,(H,24,27)(H,25,28). The van der Waals surface area contributed by atoms with Gasteiger partial charge in [-0.1, -0.05) is 24.3 Å². The largest absolute Gasteiger partial charge is 0.478 e. The smallest absolute Gasteiger partial charge is 0.291 e. The number of halogens is 3. The number of hydrazine groups is 1. The minimum atomic E-state index is -2.71. The molecule has 1 atom stereocenters. The van der Waals surface area contributed by atoms with Gasteiger partial charge >= 0.3 is 0 Å². The number of imidazole rings is 1. The number of rotatable bonds is 7. The Bertz CT molecular complexity index is 1060. The van der Waals surface area contributed by atoms with Crippen molar-refractivity contribution in [3.8, 4) is 5.75 Å². The third-order valence-electron chi connectivity index (χ3n) is 3.95. The van der Waals surface area contributed by atoms with Crippen LogP contribution in [0.5, 0.6) is 5.75 Å². The van der Waals surface area contributed by atoms with Gasteiger partial charge in [-0.3, -0.25) is 20.4 Å². The number of hydrogen-bond acceptors (Lipinski definition) is 5. The Morgan fingerprint density at radius 3 is 2.57 bits per heavy atom. The fourth-order valence-corrected chi connectivity index (χ4v) is 3.18. The van der Waals surface area contributed by atoms with Crippen LogP contribution >= 0.6 is 11.8 Å². The van der Waals surface area contributed by atoms with Gasteiger partial charge in [-0.25, -0.2) is 9.37 Å². The molecular weight excluding hydrogens is 421 g/mol. The number of nitrogens with one attached hydrogen (secondary N) is 2. The van der Waals surface area contributed by atoms with Crippen molar-refractivity contribution in [1.29, 1.82) is 0 Å². The monoisotopic (exact) mass is 438 g/mol. The molecule has 3 rings (SSSR count). The first-order chi connectivity index (χ1) is 14.3. The zero-order valence-corrected chi connectivity index (χ0v) is 16.5. The molecule has 0 saturated carbocycles. The van der Waals surface area contributed by atoms with E-state index in [2.05, 4.69) is 15.8 Å². The van der Waals surface area contributed by atoms with E-state index in [0.29, 0.717) is 11.0 Å². The average molecular weight is 438 g/mol. The van der Waals surface area contributed by atoms with Gasteiger partial charge in [-0.15, -0.1) is 0 Å². The lowest BCUT2D eigenvalue weighted by Gasteiger charge is -2.16. The van der Waals surface area contributed by atoms with E-state index in [0.717, 1.165) is 0 Å². The Labute approximate surface area is 173 Å². The summed E-state index contributed by atoms with van der Waals surface area (Å²) in [7, 11) is 0. The van der Waals surface area contributed by atoms with Crippen LogP contribution in [-0.4, -0.2) is 33.2 Å². The number of nitrogens with zero attached hydrogens (tertiary/aromatic N) is 2. The number of alkyl halides is 2. The summed E-state index contributed by atoms with van der Waals surface area (Å²) in [6, 6.07) is 12.3. The second-order valence-corrected chi connectivity index (χ2v) is 7.03. The number of carbonyl (C=O) groups is 2. The van der Waals surface area contributed by atoms with Crippen LogP contribution in [0, 0.1) is 5.82 Å². The molecule has 0 saturated heterocycles. The maximum Gasteiger partial charge on any atom is 0.291 e. The van der Waals surface area contributed by atoms with Crippen LogP contribution in [0.25, 0.3) is 11.0 Å². The molecule has 0 aliphatic rings. The van der Waals surface area contributed by atoms with Crippen LogP contribution in [0.1, 0.15) is 6.92 Å². The molecule has 11 heteroatoms. The van der Waals surface area contributed by atoms with Crippen LogP contribution in [0.3, 0.4) is 0 Å². The normalized spacial score (nSPS) is 12.0. The van der Waals surface area contributed by atoms with E-state index in [1.807, 2.05) is 0 Å². The Balaban J connectivity index is 1.62. The van der Waals surface area contributed by atoms with Crippen molar-refractivity contribution < 1.29 is 27.5 Å². The summed E-state index contributed by atoms with van der Waals surface area (Å²) in [5.41, 5.74) is 5.32. The van der Waals surface area contributed by atoms with Gasteiger partial charge in [0.25, 0.3) is 17.6 Å². The first-order valence-corrected chi connectivity index (χ1v) is 9.63. The summed E-state index contributed by atoms with van der Waals surface area (Å²) in [4.78, 5) is 28.5. The van der Waals surface area contributed by atoms with E-state index in [4.69, 9.17) is 4.74 Å². The van der Waals surface area contributed by atoms with Crippen LogP contribution < -0.4 is 15.6 Å². The van der Waals surface area contributed by atoms with Crippen LogP contribution in [0.15, 0.2) is 53.7 Å². The third-order valence-corrected chi connectivity index (χ3v) is 4.65. The van der Waals surface area contributed by atoms with Crippen molar-refractivity contribution in [2.45, 2.75) is 30.5 Å². The molecule has 1 unspecified atom stereocenters. The van der Waals surface area contributed by atoms with Crippen LogP contribution in [0.4, 0.5) is 13.2 Å². The number of hydrogen-bond donors (Lipinski definition) is 2. The van der Waals surface area contributed by atoms with E-state index in [9.17, 15) is 22.8 Å². The van der Waals surface area contributed by atoms with Crippen molar-refractivity contribution in [3.63, 3.8) is 0 Å². The van der Waals surface area contributed by atoms with E-state index in [1.165, 1.54) is 29.7 Å². The van der Waals surface area contributed by atoms with Crippen molar-refractivity contribution in [2.24, 2.45) is 0 Å². The van der Waals surface area contributed by atoms with Gasteiger partial charge in [0, 0.05) is 0 Å². The van der Waals surface area contributed by atoms with Gasteiger partial charge in [0.1, 0.15) is 6.54 Å². The molecule has 0 bridgehead atoms. The molecule has 0 aliphatic heterocycles. The summed E-state index contributed by atoms with van der Waals surface area (Å²) in [5.74, 6) is -4.83. The number of ether oxygens (including phenoxy) is 1. The van der Waals surface area contributed by atoms with Crippen LogP contribution in [0.2, 0.25) is 0 Å². The second-order valence-electron chi connectivity index (χ2n) is 6.08. The highest BCUT2D eigenvalue weighted by Gasteiger charge is 2.20. The van der Waals surface area contributed by atoms with Crippen molar-refractivity contribution in [1.82, 2.24) is 20.4 Å². The molecule has 2 aromatic carbocycles. The molecule has 3 aromatic rings. The SMILES string of the molecule is CC(Oc1ccccc1F)C(=O)NNC(=O)Cn1c(SC(F)F)nc2ccccc21. The molecule has 0 radical (unpaired) electrons. The van der Waals surface area contributed by atoms with Crippen LogP contribution in [-0.2, 0) is 16.1 Å². The molecule has 30 heavy (non-hydrogen) atoms. The Hall–Kier alpha value is -3.21. The maximum absolute atomic E-state index is 13.6. The summed E-state index contributed by atoms with van der Waals surface area (Å²) < 4.78 is 45.8. The lowest BCUT2D eigenvalue weighted by Crippen LogP contribution is -2.48. The summed E-state index contributed by atoms with van der Waals surface area (Å²) in [6.45, 7) is 1.03. The lowest BCUT2D eigenvalue weighted by molar-refractivity contribution is -0.133. The average Bonchev–Trinajstić information content (AvgIpc) is 3.04. The quantitative estimate of drug-likeness (QED) is 0.437. The van der Waals surface area contributed by atoms with Crippen molar-refractivity contribution in [3.05, 3.63) is 54.3 Å². The van der Waals surface area contributed by atoms with E-state index < -0.39 is 29.5 Å². The number of para-hydroxylation sites is 3. The molecule has 2 N–H and O–H groups in total. The molecular formula is C19H17F3N4O3S. The minimum Gasteiger partial charge on any atom is -0.478 e. The van der Waals surface area contributed by atoms with Gasteiger partial charge < -0.3 is 9.30 Å². The Kier molecular flexibility index (Phi) is 6.83. The summed E-state index contributed by atoms with van der Waals surface area (Å²) in [6.07, 6.45) is -1.10. The molecule has 1 aromatic heterocycles. The lowest BCUT2D eigenvalue weighted by atomic mass is 10.3. The Morgan fingerprint density at radius 1 is 1.13 bits per heavy atom. The number of amides is 2. The van der Waals surface area contributed by atoms with Gasteiger partial charge in [-0.2, -0.15) is 8.78 Å². The highest BCUT2D eigenvalue weighted by Crippen LogP contribution is 2.28. The molecule has 2 amide bonds. The number of carbonyl (C=O) groups excluding carboxylic acids is 2. The van der Waals surface area contributed by atoms with Crippen molar-refractivity contribution >= 4 is 34.6 Å². The first kappa shape index (κ1) is 21.5. The van der Waals surface area contributed by atoms with Gasteiger partial charge in [0.15, 0.2) is 22.8 Å². The Morgan fingerprint density at radius 2 is 1.83 bits per heavy atom. The van der Waals surface area contributed by atoms with E-state index in [-0.39, 0.29) is 29.2 Å².